The topological polar surface area (TPSA) is 81.1 Å². The molecule has 1 N–H and O–H groups in total. The van der Waals surface area contributed by atoms with Gasteiger partial charge in [0.25, 0.3) is 0 Å². The molecule has 0 amide bonds. The molecular weight excluding hydrogens is 258 g/mol. The lowest BCUT2D eigenvalue weighted by molar-refractivity contribution is -0.138. The Hall–Kier alpha value is -2.63. The Morgan fingerprint density at radius 1 is 1.40 bits per heavy atom. The molecule has 100 valence electrons. The molecule has 1 aromatic carbocycles. The van der Waals surface area contributed by atoms with Crippen LogP contribution in [0.25, 0.3) is 22.3 Å². The molecule has 0 spiro atoms. The van der Waals surface area contributed by atoms with Crippen LogP contribution in [0.2, 0.25) is 0 Å². The molecule has 6 heteroatoms. The van der Waals surface area contributed by atoms with E-state index in [1.54, 1.807) is 0 Å². The summed E-state index contributed by atoms with van der Waals surface area (Å²) in [5.41, 5.74) is 2.57. The largest absolute Gasteiger partial charge is 0.481 e. The maximum atomic E-state index is 11.5. The SMILES string of the molecule is O=C(O)C1CCn2c1c(-c1ncon1)c1ccccc12. The number of fused-ring (bicyclic) bond motifs is 3. The minimum atomic E-state index is -0.809. The third-order valence-electron chi connectivity index (χ3n) is 3.87. The standard InChI is InChI=1S/C14H11N3O3/c18-14(19)9-5-6-17-10-4-2-1-3-8(10)11(12(9)17)13-15-7-20-16-13/h1-4,7,9H,5-6H2,(H,18,19). The maximum Gasteiger partial charge on any atom is 0.312 e. The van der Waals surface area contributed by atoms with Crippen LogP contribution >= 0.6 is 0 Å². The number of hydrogen-bond donors (Lipinski definition) is 1. The number of nitrogens with zero attached hydrogens (tertiary/aromatic N) is 3. The molecule has 0 saturated carbocycles. The van der Waals surface area contributed by atoms with Gasteiger partial charge in [0.05, 0.1) is 11.5 Å². The van der Waals surface area contributed by atoms with Gasteiger partial charge >= 0.3 is 5.97 Å². The molecule has 3 aromatic rings. The van der Waals surface area contributed by atoms with Crippen LogP contribution in [0.3, 0.4) is 0 Å². The second kappa shape index (κ2) is 3.93. The van der Waals surface area contributed by atoms with Gasteiger partial charge in [-0.3, -0.25) is 4.79 Å². The Morgan fingerprint density at radius 2 is 2.25 bits per heavy atom. The first-order valence-electron chi connectivity index (χ1n) is 6.38. The van der Waals surface area contributed by atoms with Gasteiger partial charge in [0.15, 0.2) is 0 Å². The highest BCUT2D eigenvalue weighted by atomic mass is 16.5. The summed E-state index contributed by atoms with van der Waals surface area (Å²) in [6.07, 6.45) is 1.86. The molecule has 1 aliphatic heterocycles. The highest BCUT2D eigenvalue weighted by molar-refractivity contribution is 5.99. The van der Waals surface area contributed by atoms with Crippen LogP contribution in [0, 0.1) is 0 Å². The van der Waals surface area contributed by atoms with Gasteiger partial charge in [-0.2, -0.15) is 4.98 Å². The molecule has 0 saturated heterocycles. The minimum absolute atomic E-state index is 0.447. The van der Waals surface area contributed by atoms with Gasteiger partial charge < -0.3 is 14.2 Å². The number of hydrogen-bond acceptors (Lipinski definition) is 4. The van der Waals surface area contributed by atoms with E-state index in [0.29, 0.717) is 18.8 Å². The van der Waals surface area contributed by atoms with E-state index < -0.39 is 11.9 Å². The number of aromatic nitrogens is 3. The highest BCUT2D eigenvalue weighted by Gasteiger charge is 2.35. The summed E-state index contributed by atoms with van der Waals surface area (Å²) in [6, 6.07) is 7.83. The molecule has 6 nitrogen and oxygen atoms in total. The monoisotopic (exact) mass is 269 g/mol. The van der Waals surface area contributed by atoms with Crippen molar-refractivity contribution in [1.82, 2.24) is 14.7 Å². The van der Waals surface area contributed by atoms with Gasteiger partial charge in [-0.15, -0.1) is 0 Å². The van der Waals surface area contributed by atoms with Gasteiger partial charge in [0, 0.05) is 23.1 Å². The zero-order chi connectivity index (χ0) is 13.7. The molecule has 2 aromatic heterocycles. The molecule has 1 atom stereocenters. The molecular formula is C14H11N3O3. The number of carboxylic acid groups (broad SMARTS) is 1. The Balaban J connectivity index is 2.11. The van der Waals surface area contributed by atoms with Crippen molar-refractivity contribution in [3.8, 4) is 11.4 Å². The van der Waals surface area contributed by atoms with Gasteiger partial charge in [-0.1, -0.05) is 23.4 Å². The van der Waals surface area contributed by atoms with Crippen molar-refractivity contribution in [3.05, 3.63) is 36.4 Å². The third kappa shape index (κ3) is 1.36. The zero-order valence-corrected chi connectivity index (χ0v) is 10.5. The van der Waals surface area contributed by atoms with E-state index in [9.17, 15) is 9.90 Å². The lowest BCUT2D eigenvalue weighted by atomic mass is 9.99. The van der Waals surface area contributed by atoms with E-state index in [1.807, 2.05) is 24.3 Å². The molecule has 3 heterocycles. The predicted octanol–water partition coefficient (Wildman–Crippen LogP) is 2.26. The fourth-order valence-electron chi connectivity index (χ4n) is 3.08. The van der Waals surface area contributed by atoms with E-state index >= 15 is 0 Å². The molecule has 1 unspecified atom stereocenters. The lowest BCUT2D eigenvalue weighted by Gasteiger charge is -2.05. The van der Waals surface area contributed by atoms with E-state index in [-0.39, 0.29) is 0 Å². The average molecular weight is 269 g/mol. The molecule has 0 fully saturated rings. The van der Waals surface area contributed by atoms with Crippen LogP contribution in [0.4, 0.5) is 0 Å². The van der Waals surface area contributed by atoms with Crippen molar-refractivity contribution in [2.45, 2.75) is 18.9 Å². The first-order chi connectivity index (χ1) is 9.77. The Bertz CT molecular complexity index is 805. The molecule has 0 aliphatic carbocycles. The summed E-state index contributed by atoms with van der Waals surface area (Å²) in [6.45, 7) is 0.699. The van der Waals surface area contributed by atoms with Crippen molar-refractivity contribution in [1.29, 1.82) is 0 Å². The summed E-state index contributed by atoms with van der Waals surface area (Å²) in [5.74, 6) is -0.879. The van der Waals surface area contributed by atoms with Crippen molar-refractivity contribution < 1.29 is 14.4 Å². The van der Waals surface area contributed by atoms with Crippen LogP contribution in [0.5, 0.6) is 0 Å². The molecule has 20 heavy (non-hydrogen) atoms. The predicted molar refractivity (Wildman–Crippen MR) is 70.2 cm³/mol. The van der Waals surface area contributed by atoms with Crippen LogP contribution in [0.15, 0.2) is 35.2 Å². The quantitative estimate of drug-likeness (QED) is 0.771. The fourth-order valence-corrected chi connectivity index (χ4v) is 3.08. The molecule has 1 aliphatic rings. The number of benzene rings is 1. The maximum absolute atomic E-state index is 11.5. The summed E-state index contributed by atoms with van der Waals surface area (Å²) >= 11 is 0. The van der Waals surface area contributed by atoms with E-state index in [4.69, 9.17) is 4.52 Å². The van der Waals surface area contributed by atoms with Crippen molar-refractivity contribution in [3.63, 3.8) is 0 Å². The van der Waals surface area contributed by atoms with Gasteiger partial charge in [0.2, 0.25) is 12.2 Å². The van der Waals surface area contributed by atoms with Crippen molar-refractivity contribution >= 4 is 16.9 Å². The van der Waals surface area contributed by atoms with Gasteiger partial charge in [-0.25, -0.2) is 0 Å². The summed E-state index contributed by atoms with van der Waals surface area (Å²) < 4.78 is 6.88. The second-order valence-corrected chi connectivity index (χ2v) is 4.86. The summed E-state index contributed by atoms with van der Waals surface area (Å²) in [5, 5.41) is 14.3. The molecule has 0 bridgehead atoms. The summed E-state index contributed by atoms with van der Waals surface area (Å²) in [7, 11) is 0. The fraction of sp³-hybridized carbons (Fsp3) is 0.214. The van der Waals surface area contributed by atoms with Gasteiger partial charge in [0.1, 0.15) is 0 Å². The molecule has 0 radical (unpaired) electrons. The normalized spacial score (nSPS) is 17.5. The third-order valence-corrected chi connectivity index (χ3v) is 3.87. The Labute approximate surface area is 113 Å². The van der Waals surface area contributed by atoms with Crippen molar-refractivity contribution in [2.75, 3.05) is 0 Å². The number of rotatable bonds is 2. The smallest absolute Gasteiger partial charge is 0.312 e. The second-order valence-electron chi connectivity index (χ2n) is 4.86. The van der Waals surface area contributed by atoms with E-state index in [1.165, 1.54) is 6.39 Å². The highest BCUT2D eigenvalue weighted by Crippen LogP contribution is 2.42. The minimum Gasteiger partial charge on any atom is -0.481 e. The number of aryl methyl sites for hydroxylation is 1. The number of carbonyl (C=O) groups is 1. The Kier molecular flexibility index (Phi) is 2.20. The lowest BCUT2D eigenvalue weighted by Crippen LogP contribution is -2.09. The zero-order valence-electron chi connectivity index (χ0n) is 10.5. The molecule has 4 rings (SSSR count). The number of carboxylic acids is 1. The van der Waals surface area contributed by atoms with Crippen LogP contribution < -0.4 is 0 Å². The van der Waals surface area contributed by atoms with Gasteiger partial charge in [-0.05, 0) is 12.5 Å². The van der Waals surface area contributed by atoms with Crippen molar-refractivity contribution in [2.24, 2.45) is 0 Å². The average Bonchev–Trinajstić information content (AvgIpc) is 3.13. The first kappa shape index (κ1) is 11.2. The number of para-hydroxylation sites is 1. The van der Waals surface area contributed by atoms with Crippen LogP contribution in [0.1, 0.15) is 18.0 Å². The van der Waals surface area contributed by atoms with Crippen LogP contribution in [-0.4, -0.2) is 25.8 Å². The Morgan fingerprint density at radius 3 is 3.00 bits per heavy atom. The van der Waals surface area contributed by atoms with Crippen LogP contribution in [-0.2, 0) is 11.3 Å². The number of aliphatic carboxylic acids is 1. The van der Waals surface area contributed by atoms with E-state index in [0.717, 1.165) is 22.2 Å². The van der Waals surface area contributed by atoms with E-state index in [2.05, 4.69) is 14.7 Å². The summed E-state index contributed by atoms with van der Waals surface area (Å²) in [4.78, 5) is 15.6. The first-order valence-corrected chi connectivity index (χ1v) is 6.38.